The average Bonchev–Trinajstić information content (AvgIpc) is 2.36. The quantitative estimate of drug-likeness (QED) is 0.479. The van der Waals surface area contributed by atoms with E-state index in [4.69, 9.17) is 5.11 Å². The van der Waals surface area contributed by atoms with Gasteiger partial charge in [-0.25, -0.2) is 0 Å². The molecule has 0 saturated carbocycles. The molecular weight excluding hydrogens is 248 g/mol. The van der Waals surface area contributed by atoms with Crippen molar-refractivity contribution in [1.82, 2.24) is 5.32 Å². The molecule has 1 rings (SSSR count). The second-order valence-electron chi connectivity index (χ2n) is 4.71. The first-order valence-corrected chi connectivity index (χ1v) is 5.69. The van der Waals surface area contributed by atoms with E-state index in [1.54, 1.807) is 32.1 Å². The second kappa shape index (κ2) is 6.10. The number of benzene rings is 1. The standard InChI is InChI=1S/C13H16N2O4/c1-13(2,9-16)14-12(17)8-5-10-3-6-11(7-4-10)15(18)19/h3-8,16H,9H2,1-2H3,(H,14,17)/b8-5+. The van der Waals surface area contributed by atoms with Crippen LogP contribution in [0.15, 0.2) is 30.3 Å². The molecule has 1 amide bonds. The summed E-state index contributed by atoms with van der Waals surface area (Å²) in [5, 5.41) is 22.1. The fourth-order valence-electron chi connectivity index (χ4n) is 1.29. The van der Waals surface area contributed by atoms with Gasteiger partial charge < -0.3 is 10.4 Å². The molecule has 0 spiro atoms. The van der Waals surface area contributed by atoms with E-state index in [1.807, 2.05) is 0 Å². The number of carbonyl (C=O) groups is 1. The van der Waals surface area contributed by atoms with Crippen molar-refractivity contribution in [3.05, 3.63) is 46.0 Å². The van der Waals surface area contributed by atoms with E-state index in [0.29, 0.717) is 5.56 Å². The number of nitro benzene ring substituents is 1. The van der Waals surface area contributed by atoms with E-state index in [9.17, 15) is 14.9 Å². The highest BCUT2D eigenvalue weighted by Gasteiger charge is 2.17. The fourth-order valence-corrected chi connectivity index (χ4v) is 1.29. The molecule has 2 N–H and O–H groups in total. The van der Waals surface area contributed by atoms with Crippen molar-refractivity contribution in [2.75, 3.05) is 6.61 Å². The maximum atomic E-state index is 11.5. The average molecular weight is 264 g/mol. The molecule has 1 aromatic carbocycles. The Morgan fingerprint density at radius 1 is 1.42 bits per heavy atom. The Hall–Kier alpha value is -2.21. The normalized spacial score (nSPS) is 11.5. The van der Waals surface area contributed by atoms with Crippen molar-refractivity contribution in [2.24, 2.45) is 0 Å². The Labute approximate surface area is 110 Å². The lowest BCUT2D eigenvalue weighted by molar-refractivity contribution is -0.384. The van der Waals surface area contributed by atoms with Crippen LogP contribution in [0.1, 0.15) is 19.4 Å². The number of hydrogen-bond acceptors (Lipinski definition) is 4. The molecule has 0 saturated heterocycles. The largest absolute Gasteiger partial charge is 0.394 e. The molecule has 0 aromatic heterocycles. The van der Waals surface area contributed by atoms with Crippen LogP contribution in [0.3, 0.4) is 0 Å². The van der Waals surface area contributed by atoms with Crippen LogP contribution in [0.25, 0.3) is 6.08 Å². The van der Waals surface area contributed by atoms with E-state index in [-0.39, 0.29) is 18.2 Å². The Morgan fingerprint density at radius 2 is 2.00 bits per heavy atom. The number of amides is 1. The molecule has 0 aliphatic carbocycles. The minimum atomic E-state index is -0.684. The molecule has 0 unspecified atom stereocenters. The van der Waals surface area contributed by atoms with E-state index < -0.39 is 10.5 Å². The molecular formula is C13H16N2O4. The van der Waals surface area contributed by atoms with Gasteiger partial charge in [-0.3, -0.25) is 14.9 Å². The van der Waals surface area contributed by atoms with Gasteiger partial charge in [-0.05, 0) is 37.6 Å². The summed E-state index contributed by atoms with van der Waals surface area (Å²) in [6.45, 7) is 3.24. The smallest absolute Gasteiger partial charge is 0.269 e. The van der Waals surface area contributed by atoms with Crippen molar-refractivity contribution in [3.63, 3.8) is 0 Å². The number of nitro groups is 1. The lowest BCUT2D eigenvalue weighted by Crippen LogP contribution is -2.45. The highest BCUT2D eigenvalue weighted by atomic mass is 16.6. The summed E-state index contributed by atoms with van der Waals surface area (Å²) in [5.41, 5.74) is 0.00208. The summed E-state index contributed by atoms with van der Waals surface area (Å²) in [4.78, 5) is 21.5. The first-order valence-electron chi connectivity index (χ1n) is 5.69. The van der Waals surface area contributed by atoms with Gasteiger partial charge in [-0.15, -0.1) is 0 Å². The van der Waals surface area contributed by atoms with Gasteiger partial charge in [0.15, 0.2) is 0 Å². The number of nitrogens with zero attached hydrogens (tertiary/aromatic N) is 1. The molecule has 1 aromatic rings. The molecule has 0 heterocycles. The summed E-state index contributed by atoms with van der Waals surface area (Å²) in [6, 6.07) is 5.85. The van der Waals surface area contributed by atoms with Crippen molar-refractivity contribution < 1.29 is 14.8 Å². The third kappa shape index (κ3) is 4.89. The summed E-state index contributed by atoms with van der Waals surface area (Å²) in [7, 11) is 0. The summed E-state index contributed by atoms with van der Waals surface area (Å²) >= 11 is 0. The molecule has 6 heteroatoms. The van der Waals surface area contributed by atoms with Crippen molar-refractivity contribution >= 4 is 17.7 Å². The van der Waals surface area contributed by atoms with E-state index in [2.05, 4.69) is 5.32 Å². The zero-order valence-corrected chi connectivity index (χ0v) is 10.8. The minimum Gasteiger partial charge on any atom is -0.394 e. The van der Waals surface area contributed by atoms with Crippen LogP contribution < -0.4 is 5.32 Å². The van der Waals surface area contributed by atoms with Gasteiger partial charge in [0.25, 0.3) is 5.69 Å². The van der Waals surface area contributed by atoms with Crippen LogP contribution >= 0.6 is 0 Å². The number of non-ortho nitro benzene ring substituents is 1. The molecule has 0 aliphatic heterocycles. The van der Waals surface area contributed by atoms with Crippen LogP contribution in [-0.2, 0) is 4.79 Å². The monoisotopic (exact) mass is 264 g/mol. The van der Waals surface area contributed by atoms with E-state index in [1.165, 1.54) is 18.2 Å². The Bertz CT molecular complexity index is 492. The van der Waals surface area contributed by atoms with Gasteiger partial charge in [0.2, 0.25) is 5.91 Å². The van der Waals surface area contributed by atoms with Gasteiger partial charge in [-0.2, -0.15) is 0 Å². The first kappa shape index (κ1) is 14.8. The molecule has 0 radical (unpaired) electrons. The van der Waals surface area contributed by atoms with Gasteiger partial charge in [0, 0.05) is 18.2 Å². The van der Waals surface area contributed by atoms with Gasteiger partial charge in [0.1, 0.15) is 0 Å². The molecule has 102 valence electrons. The van der Waals surface area contributed by atoms with Gasteiger partial charge in [0.05, 0.1) is 17.1 Å². The molecule has 19 heavy (non-hydrogen) atoms. The number of carbonyl (C=O) groups excluding carboxylic acids is 1. The van der Waals surface area contributed by atoms with E-state index in [0.717, 1.165) is 0 Å². The molecule has 0 fully saturated rings. The lowest BCUT2D eigenvalue weighted by atomic mass is 10.1. The van der Waals surface area contributed by atoms with Crippen LogP contribution in [0, 0.1) is 10.1 Å². The van der Waals surface area contributed by atoms with Crippen LogP contribution in [0.4, 0.5) is 5.69 Å². The van der Waals surface area contributed by atoms with Crippen LogP contribution in [0.2, 0.25) is 0 Å². The maximum absolute atomic E-state index is 11.5. The molecule has 0 atom stereocenters. The Morgan fingerprint density at radius 3 is 2.47 bits per heavy atom. The van der Waals surface area contributed by atoms with E-state index >= 15 is 0 Å². The molecule has 6 nitrogen and oxygen atoms in total. The summed E-state index contributed by atoms with van der Waals surface area (Å²) in [6.07, 6.45) is 2.87. The van der Waals surface area contributed by atoms with Crippen molar-refractivity contribution in [3.8, 4) is 0 Å². The maximum Gasteiger partial charge on any atom is 0.269 e. The van der Waals surface area contributed by atoms with Gasteiger partial charge >= 0.3 is 0 Å². The highest BCUT2D eigenvalue weighted by molar-refractivity contribution is 5.92. The number of hydrogen-bond donors (Lipinski definition) is 2. The Balaban J connectivity index is 2.66. The SMILES string of the molecule is CC(C)(CO)NC(=O)/C=C/c1ccc([N+](=O)[O-])cc1. The predicted octanol–water partition coefficient (Wildman–Crippen LogP) is 1.50. The van der Waals surface area contributed by atoms with Crippen LogP contribution in [-0.4, -0.2) is 28.1 Å². The van der Waals surface area contributed by atoms with Crippen molar-refractivity contribution in [2.45, 2.75) is 19.4 Å². The minimum absolute atomic E-state index is 0.00279. The van der Waals surface area contributed by atoms with Gasteiger partial charge in [-0.1, -0.05) is 0 Å². The Kier molecular flexibility index (Phi) is 4.77. The zero-order valence-electron chi connectivity index (χ0n) is 10.8. The summed E-state index contributed by atoms with van der Waals surface area (Å²) in [5.74, 6) is -0.336. The third-order valence-electron chi connectivity index (χ3n) is 2.39. The number of rotatable bonds is 5. The van der Waals surface area contributed by atoms with Crippen molar-refractivity contribution in [1.29, 1.82) is 0 Å². The fraction of sp³-hybridized carbons (Fsp3) is 0.308. The first-order chi connectivity index (χ1) is 8.84. The topological polar surface area (TPSA) is 92.5 Å². The number of nitrogens with one attached hydrogen (secondary N) is 1. The highest BCUT2D eigenvalue weighted by Crippen LogP contribution is 2.12. The predicted molar refractivity (Wildman–Crippen MR) is 71.4 cm³/mol. The zero-order chi connectivity index (χ0) is 14.5. The second-order valence-corrected chi connectivity index (χ2v) is 4.71. The number of aliphatic hydroxyl groups is 1. The number of aliphatic hydroxyl groups excluding tert-OH is 1. The van der Waals surface area contributed by atoms with Crippen LogP contribution in [0.5, 0.6) is 0 Å². The molecule has 0 aliphatic rings. The lowest BCUT2D eigenvalue weighted by Gasteiger charge is -2.22. The molecule has 0 bridgehead atoms. The third-order valence-corrected chi connectivity index (χ3v) is 2.39. The summed E-state index contributed by atoms with van der Waals surface area (Å²) < 4.78 is 0.